The van der Waals surface area contributed by atoms with Crippen LogP contribution >= 0.6 is 0 Å². The van der Waals surface area contributed by atoms with Crippen molar-refractivity contribution in [2.45, 2.75) is 13.5 Å². The number of nitrogens with one attached hydrogen (secondary N) is 1. The Morgan fingerprint density at radius 3 is 2.00 bits per heavy atom. The molecular weight excluding hydrogens is 656 g/mol. The number of fused-ring (bicyclic) bond motifs is 1. The van der Waals surface area contributed by atoms with Gasteiger partial charge in [0.25, 0.3) is 17.4 Å². The van der Waals surface area contributed by atoms with Crippen LogP contribution in [0, 0.1) is 6.92 Å². The number of ether oxygens (including phenoxy) is 3. The van der Waals surface area contributed by atoms with Gasteiger partial charge in [0.1, 0.15) is 0 Å². The number of rotatable bonds is 10. The highest BCUT2D eigenvalue weighted by Crippen LogP contribution is 2.38. The number of carboxylic acid groups (broad SMARTS) is 1. The number of pyridine rings is 1. The van der Waals surface area contributed by atoms with Crippen LogP contribution in [0.15, 0.2) is 77.6 Å². The van der Waals surface area contributed by atoms with Crippen molar-refractivity contribution in [3.05, 3.63) is 111 Å². The third kappa shape index (κ3) is 7.02. The number of aryl methyl sites for hydroxylation is 1. The number of nitrogens with zero attached hydrogens (tertiary/aromatic N) is 5. The second-order valence-corrected chi connectivity index (χ2v) is 11.8. The van der Waals surface area contributed by atoms with Crippen LogP contribution in [0.5, 0.6) is 17.2 Å². The van der Waals surface area contributed by atoms with E-state index in [9.17, 15) is 19.2 Å². The van der Waals surface area contributed by atoms with Crippen LogP contribution in [0.2, 0.25) is 0 Å². The Kier molecular flexibility index (Phi) is 9.84. The molecule has 1 saturated heterocycles. The second-order valence-electron chi connectivity index (χ2n) is 11.8. The number of benzene rings is 3. The molecule has 1 fully saturated rings. The SMILES string of the molecule is COc1cc(C(=O)N2CCN(c3nc(C)c4ccc(=O)n(-c5ccc(C(=O)NCc6ccc(C(=O)O)cc6)cc5)c4n3)CC2)cc(OC)c1OC. The molecule has 2 amide bonds. The predicted octanol–water partition coefficient (Wildman–Crippen LogP) is 3.71. The lowest BCUT2D eigenvalue weighted by Gasteiger charge is -2.35. The number of anilines is 1. The lowest BCUT2D eigenvalue weighted by atomic mass is 10.1. The molecule has 0 saturated carbocycles. The molecule has 0 spiro atoms. The summed E-state index contributed by atoms with van der Waals surface area (Å²) < 4.78 is 17.7. The van der Waals surface area contributed by atoms with Crippen LogP contribution < -0.4 is 30.0 Å². The molecule has 0 atom stereocenters. The molecule has 51 heavy (non-hydrogen) atoms. The molecule has 0 aliphatic carbocycles. The van der Waals surface area contributed by atoms with Crippen molar-refractivity contribution in [1.29, 1.82) is 0 Å². The maximum atomic E-state index is 13.5. The highest BCUT2D eigenvalue weighted by Gasteiger charge is 2.26. The van der Waals surface area contributed by atoms with E-state index >= 15 is 0 Å². The number of aromatic carboxylic acids is 1. The Hall–Kier alpha value is -6.44. The fourth-order valence-corrected chi connectivity index (χ4v) is 5.95. The topological polar surface area (TPSA) is 165 Å². The van der Waals surface area contributed by atoms with E-state index in [0.29, 0.717) is 82.9 Å². The first-order valence-electron chi connectivity index (χ1n) is 16.1. The van der Waals surface area contributed by atoms with Gasteiger partial charge in [-0.1, -0.05) is 12.1 Å². The summed E-state index contributed by atoms with van der Waals surface area (Å²) in [4.78, 5) is 64.0. The largest absolute Gasteiger partial charge is 0.493 e. The molecule has 5 aromatic rings. The summed E-state index contributed by atoms with van der Waals surface area (Å²) in [5.74, 6) is 0.114. The average molecular weight is 693 g/mol. The van der Waals surface area contributed by atoms with Crippen molar-refractivity contribution in [3.63, 3.8) is 0 Å². The molecule has 3 aromatic carbocycles. The van der Waals surface area contributed by atoms with Crippen LogP contribution in [-0.4, -0.2) is 89.8 Å². The van der Waals surface area contributed by atoms with Crippen molar-refractivity contribution in [2.75, 3.05) is 52.4 Å². The molecule has 0 radical (unpaired) electrons. The molecule has 0 unspecified atom stereocenters. The van der Waals surface area contributed by atoms with E-state index in [2.05, 4.69) is 5.32 Å². The molecule has 1 aliphatic heterocycles. The number of hydrogen-bond acceptors (Lipinski definition) is 10. The van der Waals surface area contributed by atoms with E-state index in [-0.39, 0.29) is 29.5 Å². The predicted molar refractivity (Wildman–Crippen MR) is 189 cm³/mol. The van der Waals surface area contributed by atoms with Gasteiger partial charge >= 0.3 is 5.97 Å². The standard InChI is InChI=1S/C37H36N6O8/c1-22-28-13-14-31(44)43(27-11-9-24(10-12-27)34(45)38-21-23-5-7-25(8-6-23)36(47)48)33(28)40-37(39-22)42-17-15-41(16-18-42)35(46)26-19-29(49-2)32(51-4)30(20-26)50-3/h5-14,19-20H,15-18,21H2,1-4H3,(H,38,45)(H,47,48). The molecule has 0 bridgehead atoms. The number of amides is 2. The molecule has 14 heteroatoms. The van der Waals surface area contributed by atoms with Crippen LogP contribution in [-0.2, 0) is 6.54 Å². The summed E-state index contributed by atoms with van der Waals surface area (Å²) in [5.41, 5.74) is 3.06. The Bertz CT molecular complexity index is 2150. The third-order valence-electron chi connectivity index (χ3n) is 8.73. The number of hydrogen-bond donors (Lipinski definition) is 2. The van der Waals surface area contributed by atoms with Crippen molar-refractivity contribution in [2.24, 2.45) is 0 Å². The lowest BCUT2D eigenvalue weighted by Crippen LogP contribution is -2.49. The van der Waals surface area contributed by atoms with Gasteiger partial charge in [-0.15, -0.1) is 0 Å². The maximum Gasteiger partial charge on any atom is 0.335 e. The van der Waals surface area contributed by atoms with Crippen LogP contribution in [0.1, 0.15) is 42.3 Å². The van der Waals surface area contributed by atoms with Crippen LogP contribution in [0.3, 0.4) is 0 Å². The molecule has 14 nitrogen and oxygen atoms in total. The summed E-state index contributed by atoms with van der Waals surface area (Å²) in [5, 5.41) is 12.6. The van der Waals surface area contributed by atoms with Gasteiger partial charge in [-0.3, -0.25) is 19.0 Å². The minimum atomic E-state index is -1.02. The van der Waals surface area contributed by atoms with Gasteiger partial charge in [0.15, 0.2) is 17.1 Å². The zero-order chi connectivity index (χ0) is 36.2. The minimum absolute atomic E-state index is 0.167. The van der Waals surface area contributed by atoms with Gasteiger partial charge in [0.05, 0.1) is 38.3 Å². The second kappa shape index (κ2) is 14.6. The summed E-state index contributed by atoms with van der Waals surface area (Å²) in [6, 6.07) is 19.3. The summed E-state index contributed by atoms with van der Waals surface area (Å²) >= 11 is 0. The Labute approximate surface area is 292 Å². The van der Waals surface area contributed by atoms with E-state index in [1.807, 2.05) is 11.8 Å². The molecule has 2 aromatic heterocycles. The fraction of sp³-hybridized carbons (Fsp3) is 0.243. The van der Waals surface area contributed by atoms with E-state index in [1.165, 1.54) is 44.1 Å². The molecule has 6 rings (SSSR count). The van der Waals surface area contributed by atoms with Gasteiger partial charge in [-0.05, 0) is 67.1 Å². The van der Waals surface area contributed by atoms with Gasteiger partial charge in [0.2, 0.25) is 11.7 Å². The monoisotopic (exact) mass is 692 g/mol. The number of carbonyl (C=O) groups is 3. The zero-order valence-corrected chi connectivity index (χ0v) is 28.5. The number of carboxylic acids is 1. The van der Waals surface area contributed by atoms with Crippen LogP contribution in [0.25, 0.3) is 16.7 Å². The van der Waals surface area contributed by atoms with Gasteiger partial charge in [-0.25, -0.2) is 9.78 Å². The molecule has 1 aliphatic rings. The zero-order valence-electron chi connectivity index (χ0n) is 28.5. The molecule has 262 valence electrons. The Morgan fingerprint density at radius 2 is 1.41 bits per heavy atom. The molecule has 3 heterocycles. The van der Waals surface area contributed by atoms with Crippen molar-refractivity contribution in [3.8, 4) is 22.9 Å². The van der Waals surface area contributed by atoms with E-state index in [1.54, 1.807) is 59.5 Å². The normalized spacial score (nSPS) is 12.8. The van der Waals surface area contributed by atoms with Gasteiger partial charge in [-0.2, -0.15) is 4.98 Å². The Balaban J connectivity index is 1.19. The van der Waals surface area contributed by atoms with Crippen molar-refractivity contribution >= 4 is 34.8 Å². The summed E-state index contributed by atoms with van der Waals surface area (Å²) in [6.45, 7) is 3.83. The van der Waals surface area contributed by atoms with E-state index in [4.69, 9.17) is 29.3 Å². The fourth-order valence-electron chi connectivity index (χ4n) is 5.95. The summed E-state index contributed by atoms with van der Waals surface area (Å²) in [6.07, 6.45) is 0. The Morgan fingerprint density at radius 1 is 0.784 bits per heavy atom. The third-order valence-corrected chi connectivity index (χ3v) is 8.73. The van der Waals surface area contributed by atoms with E-state index in [0.717, 1.165) is 5.56 Å². The highest BCUT2D eigenvalue weighted by molar-refractivity contribution is 5.96. The van der Waals surface area contributed by atoms with Crippen molar-refractivity contribution in [1.82, 2.24) is 24.8 Å². The lowest BCUT2D eigenvalue weighted by molar-refractivity contribution is 0.0695. The minimum Gasteiger partial charge on any atom is -0.493 e. The smallest absolute Gasteiger partial charge is 0.335 e. The van der Waals surface area contributed by atoms with Crippen molar-refractivity contribution < 1.29 is 33.7 Å². The number of aromatic nitrogens is 3. The summed E-state index contributed by atoms with van der Waals surface area (Å²) in [7, 11) is 4.50. The van der Waals surface area contributed by atoms with E-state index < -0.39 is 5.97 Å². The molecular formula is C37H36N6O8. The maximum absolute atomic E-state index is 13.5. The first-order chi connectivity index (χ1) is 24.6. The quantitative estimate of drug-likeness (QED) is 0.219. The van der Waals surface area contributed by atoms with Gasteiger partial charge in [0, 0.05) is 55.3 Å². The first kappa shape index (κ1) is 34.4. The average Bonchev–Trinajstić information content (AvgIpc) is 3.16. The number of piperazine rings is 1. The van der Waals surface area contributed by atoms with Gasteiger partial charge < -0.3 is 34.4 Å². The number of methoxy groups -OCH3 is 3. The first-order valence-corrected chi connectivity index (χ1v) is 16.1. The number of carbonyl (C=O) groups excluding carboxylic acids is 2. The van der Waals surface area contributed by atoms with Crippen LogP contribution in [0.4, 0.5) is 5.95 Å². The molecule has 2 N–H and O–H groups in total. The highest BCUT2D eigenvalue weighted by atomic mass is 16.5.